The third kappa shape index (κ3) is 6.53. The smallest absolute Gasteiger partial charge is 0.407 e. The maximum atomic E-state index is 15.4. The third-order valence-electron chi connectivity index (χ3n) is 16.1. The Kier molecular flexibility index (Phi) is 11.5. The van der Waals surface area contributed by atoms with Gasteiger partial charge in [0.1, 0.15) is 23.9 Å². The molecule has 2 bridgehead atoms. The number of benzene rings is 2. The minimum atomic E-state index is -1.89. The van der Waals surface area contributed by atoms with E-state index >= 15 is 4.79 Å². The Morgan fingerprint density at radius 3 is 2.58 bits per heavy atom. The molecule has 1 saturated heterocycles. The highest BCUT2D eigenvalue weighted by atomic mass is 16.6. The van der Waals surface area contributed by atoms with Crippen molar-refractivity contribution in [1.82, 2.24) is 20.1 Å². The molecule has 13 heteroatoms. The number of rotatable bonds is 11. The van der Waals surface area contributed by atoms with Gasteiger partial charge in [-0.25, -0.2) is 4.79 Å². The second kappa shape index (κ2) is 16.5. The Morgan fingerprint density at radius 1 is 1.06 bits per heavy atom. The molecular weight excluding hydrogens is 811 g/mol. The van der Waals surface area contributed by atoms with Gasteiger partial charge in [0.2, 0.25) is 0 Å². The van der Waals surface area contributed by atoms with Crippen molar-refractivity contribution in [3.63, 3.8) is 0 Å². The molecule has 1 aliphatic carbocycles. The van der Waals surface area contributed by atoms with Crippen molar-refractivity contribution in [2.75, 3.05) is 72.0 Å². The molecule has 6 heterocycles. The summed E-state index contributed by atoms with van der Waals surface area (Å²) in [6.07, 6.45) is 9.04. The number of nitrogens with one attached hydrogen (secondary N) is 2. The molecule has 64 heavy (non-hydrogen) atoms. The standard InChI is InChI=1S/C51H67N5O8/c1-9-33-24-34-27-50(46(58)62-8,42-36(17-22-55(28-33)29-34)35-14-11-12-15-39(35)53-42)38-25-37-40(26-41(38)61-7)54(6)44-49(37)19-23-56-21-13-18-48(10-2,43(49)56)45(64-32(5)57)51(44,60)30-63-47(59)52-20-16-31(3)4/h11-15,18,24-26,31,34,43-45,53,60H,9-10,16-17,19-23,27-30H2,1-8H3,(H,52,59)/t34-,43?,44+,45+,48+,49+,50-,51-/m0/s1. The summed E-state index contributed by atoms with van der Waals surface area (Å²) in [4.78, 5) is 53.0. The van der Waals surface area contributed by atoms with Gasteiger partial charge in [0, 0.05) is 97.5 Å². The quantitative estimate of drug-likeness (QED) is 0.112. The monoisotopic (exact) mass is 877 g/mol. The molecule has 3 N–H and O–H groups in total. The molecule has 9 atom stereocenters. The van der Waals surface area contributed by atoms with Gasteiger partial charge >= 0.3 is 18.0 Å². The van der Waals surface area contributed by atoms with E-state index in [4.69, 9.17) is 18.9 Å². The van der Waals surface area contributed by atoms with Crippen LogP contribution in [0.15, 0.2) is 60.2 Å². The summed E-state index contributed by atoms with van der Waals surface area (Å²) in [5, 5.41) is 17.7. The Balaban J connectivity index is 1.30. The molecule has 5 aliphatic heterocycles. The summed E-state index contributed by atoms with van der Waals surface area (Å²) in [7, 11) is 5.10. The molecule has 3 aromatic rings. The van der Waals surface area contributed by atoms with E-state index in [-0.39, 0.29) is 17.9 Å². The molecule has 344 valence electrons. The van der Waals surface area contributed by atoms with Gasteiger partial charge in [-0.1, -0.05) is 69.7 Å². The number of aliphatic hydroxyl groups is 1. The molecule has 13 nitrogen and oxygen atoms in total. The summed E-state index contributed by atoms with van der Waals surface area (Å²) in [5.74, 6) is 0.0460. The van der Waals surface area contributed by atoms with E-state index in [0.29, 0.717) is 49.6 Å². The van der Waals surface area contributed by atoms with E-state index in [1.54, 1.807) is 7.11 Å². The van der Waals surface area contributed by atoms with Crippen LogP contribution in [0.4, 0.5) is 10.5 Å². The Hall–Kier alpha value is -4.85. The topological polar surface area (TPSA) is 146 Å². The summed E-state index contributed by atoms with van der Waals surface area (Å²) in [6.45, 7) is 13.8. The zero-order valence-corrected chi connectivity index (χ0v) is 38.9. The first-order valence-corrected chi connectivity index (χ1v) is 23.5. The van der Waals surface area contributed by atoms with E-state index < -0.39 is 52.7 Å². The highest BCUT2D eigenvalue weighted by Gasteiger charge is 2.78. The number of aromatic nitrogens is 1. The molecule has 0 radical (unpaired) electrons. The number of ether oxygens (including phenoxy) is 4. The van der Waals surface area contributed by atoms with Crippen LogP contribution in [-0.4, -0.2) is 129 Å². The van der Waals surface area contributed by atoms with Gasteiger partial charge < -0.3 is 39.3 Å². The van der Waals surface area contributed by atoms with Crippen LogP contribution in [0.2, 0.25) is 0 Å². The number of para-hydroxylation sites is 1. The lowest BCUT2D eigenvalue weighted by molar-refractivity contribution is -0.228. The van der Waals surface area contributed by atoms with Crippen molar-refractivity contribution < 1.29 is 38.4 Å². The van der Waals surface area contributed by atoms with Crippen LogP contribution >= 0.6 is 0 Å². The maximum absolute atomic E-state index is 15.4. The van der Waals surface area contributed by atoms with Crippen molar-refractivity contribution >= 4 is 34.6 Å². The first kappa shape index (κ1) is 44.4. The van der Waals surface area contributed by atoms with Gasteiger partial charge in [0.15, 0.2) is 5.60 Å². The first-order chi connectivity index (χ1) is 30.7. The molecule has 2 unspecified atom stereocenters. The molecule has 1 spiro atoms. The van der Waals surface area contributed by atoms with E-state index in [1.165, 1.54) is 19.6 Å². The van der Waals surface area contributed by atoms with Crippen molar-refractivity contribution in [2.45, 2.75) is 108 Å². The summed E-state index contributed by atoms with van der Waals surface area (Å²) >= 11 is 0. The number of hydrogen-bond donors (Lipinski definition) is 3. The van der Waals surface area contributed by atoms with Gasteiger partial charge in [-0.15, -0.1) is 0 Å². The van der Waals surface area contributed by atoms with Gasteiger partial charge in [-0.05, 0) is 80.2 Å². The summed E-state index contributed by atoms with van der Waals surface area (Å²) in [6, 6.07) is 11.6. The van der Waals surface area contributed by atoms with Gasteiger partial charge in [0.25, 0.3) is 0 Å². The second-order valence-corrected chi connectivity index (χ2v) is 19.9. The minimum Gasteiger partial charge on any atom is -0.496 e. The number of esters is 2. The van der Waals surface area contributed by atoms with Crippen molar-refractivity contribution in [3.8, 4) is 5.75 Å². The van der Waals surface area contributed by atoms with E-state index in [2.05, 4.69) is 95.2 Å². The maximum Gasteiger partial charge on any atom is 0.407 e. The predicted molar refractivity (Wildman–Crippen MR) is 246 cm³/mol. The Morgan fingerprint density at radius 2 is 1.86 bits per heavy atom. The van der Waals surface area contributed by atoms with Crippen LogP contribution in [0.3, 0.4) is 0 Å². The summed E-state index contributed by atoms with van der Waals surface area (Å²) < 4.78 is 24.9. The van der Waals surface area contributed by atoms with Gasteiger partial charge in [-0.2, -0.15) is 0 Å². The number of anilines is 1. The van der Waals surface area contributed by atoms with Crippen molar-refractivity contribution in [2.24, 2.45) is 17.3 Å². The lowest BCUT2D eigenvalue weighted by atomic mass is 9.47. The van der Waals surface area contributed by atoms with E-state index in [9.17, 15) is 14.7 Å². The van der Waals surface area contributed by atoms with Crippen LogP contribution in [-0.2, 0) is 41.1 Å². The fourth-order valence-corrected chi connectivity index (χ4v) is 13.7. The molecule has 1 amide bonds. The number of aromatic amines is 1. The van der Waals surface area contributed by atoms with Crippen LogP contribution < -0.4 is 15.0 Å². The first-order valence-electron chi connectivity index (χ1n) is 23.5. The fraction of sp³-hybridized carbons (Fsp3) is 0.588. The Bertz CT molecular complexity index is 2390. The zero-order valence-electron chi connectivity index (χ0n) is 38.9. The van der Waals surface area contributed by atoms with Gasteiger partial charge in [0.05, 0.1) is 20.3 Å². The molecule has 1 saturated carbocycles. The van der Waals surface area contributed by atoms with Crippen LogP contribution in [0.5, 0.6) is 5.75 Å². The number of nitrogens with zero attached hydrogens (tertiary/aromatic N) is 3. The molecule has 1 aromatic heterocycles. The largest absolute Gasteiger partial charge is 0.496 e. The molecule has 2 fully saturated rings. The number of amides is 1. The number of fused-ring (bicyclic) bond motifs is 6. The molecule has 2 aromatic carbocycles. The Labute approximate surface area is 377 Å². The fourth-order valence-electron chi connectivity index (χ4n) is 13.7. The average Bonchev–Trinajstić information content (AvgIpc) is 3.95. The number of likely N-dealkylation sites (N-methyl/N-ethyl adjacent to an activating group) is 1. The number of alkyl carbamates (subject to hydrolysis) is 1. The van der Waals surface area contributed by atoms with Crippen LogP contribution in [0.1, 0.15) is 89.1 Å². The lowest BCUT2D eigenvalue weighted by Gasteiger charge is -2.64. The average molecular weight is 878 g/mol. The van der Waals surface area contributed by atoms with Crippen LogP contribution in [0.25, 0.3) is 10.9 Å². The SMILES string of the molecule is CCC1=C[C@@H]2CN(CCc3c([nH]c4ccccc34)[C@@](C(=O)OC)(c3cc4c(cc3OC)N(C)[C@H]3[C@@](O)(COC(=O)NCCC(C)C)[C@H](OC(C)=O)[C@]5(CC)C=CCN6CC[C@]43C65)C2)C1. The van der Waals surface area contributed by atoms with E-state index in [1.807, 2.05) is 19.2 Å². The predicted octanol–water partition coefficient (Wildman–Crippen LogP) is 6.40. The number of methoxy groups -OCH3 is 2. The van der Waals surface area contributed by atoms with Gasteiger partial charge in [-0.3, -0.25) is 19.4 Å². The normalized spacial score (nSPS) is 32.6. The van der Waals surface area contributed by atoms with Crippen molar-refractivity contribution in [1.29, 1.82) is 0 Å². The number of hydrogen-bond acceptors (Lipinski definition) is 11. The number of H-pyrrole nitrogens is 1. The highest BCUT2D eigenvalue weighted by molar-refractivity contribution is 5.94. The second-order valence-electron chi connectivity index (χ2n) is 19.9. The molecule has 9 rings (SSSR count). The minimum absolute atomic E-state index is 0.0259. The third-order valence-corrected chi connectivity index (χ3v) is 16.1. The summed E-state index contributed by atoms with van der Waals surface area (Å²) in [5.41, 5.74) is 1.88. The lowest BCUT2D eigenvalue weighted by Crippen LogP contribution is -2.80. The number of carbonyl (C=O) groups excluding carboxylic acids is 3. The van der Waals surface area contributed by atoms with Crippen molar-refractivity contribution in [3.05, 3.63) is 82.6 Å². The highest BCUT2D eigenvalue weighted by Crippen LogP contribution is 2.68. The van der Waals surface area contributed by atoms with Crippen LogP contribution in [0, 0.1) is 17.3 Å². The zero-order chi connectivity index (χ0) is 45.3. The molecule has 6 aliphatic rings. The number of carbonyl (C=O) groups is 3. The van der Waals surface area contributed by atoms with E-state index in [0.717, 1.165) is 78.9 Å². The molecular formula is C51H67N5O8.